The lowest BCUT2D eigenvalue weighted by atomic mass is 10.1. The lowest BCUT2D eigenvalue weighted by Gasteiger charge is -2.21. The number of methoxy groups -OCH3 is 1. The summed E-state index contributed by atoms with van der Waals surface area (Å²) in [5.74, 6) is -0.526. The van der Waals surface area contributed by atoms with Gasteiger partial charge in [0.05, 0.1) is 25.2 Å². The van der Waals surface area contributed by atoms with Gasteiger partial charge in [-0.3, -0.25) is 19.0 Å². The van der Waals surface area contributed by atoms with E-state index in [9.17, 15) is 14.4 Å². The van der Waals surface area contributed by atoms with Crippen LogP contribution in [0, 0.1) is 5.92 Å². The maximum Gasteiger partial charge on any atom is 0.308 e. The maximum absolute atomic E-state index is 12.6. The van der Waals surface area contributed by atoms with E-state index >= 15 is 0 Å². The van der Waals surface area contributed by atoms with Crippen molar-refractivity contribution in [2.75, 3.05) is 12.4 Å². The number of aromatic nitrogens is 2. The minimum absolute atomic E-state index is 0.0454. The van der Waals surface area contributed by atoms with E-state index < -0.39 is 18.0 Å². The Balaban J connectivity index is 1.60. The third-order valence-corrected chi connectivity index (χ3v) is 5.31. The van der Waals surface area contributed by atoms with Crippen LogP contribution in [-0.2, 0) is 20.9 Å². The van der Waals surface area contributed by atoms with Gasteiger partial charge >= 0.3 is 5.97 Å². The average molecular weight is 429 g/mol. The van der Waals surface area contributed by atoms with Gasteiger partial charge in [-0.1, -0.05) is 13.8 Å². The fourth-order valence-corrected chi connectivity index (χ4v) is 3.57. The molecule has 9 heteroatoms. The van der Waals surface area contributed by atoms with Crippen LogP contribution >= 0.6 is 11.3 Å². The zero-order valence-corrected chi connectivity index (χ0v) is 17.8. The number of fused-ring (bicyclic) bond motifs is 1. The zero-order valence-electron chi connectivity index (χ0n) is 17.0. The number of nitrogens with zero attached hydrogens (tertiary/aromatic N) is 2. The Morgan fingerprint density at radius 3 is 2.60 bits per heavy atom. The first-order valence-corrected chi connectivity index (χ1v) is 10.3. The molecule has 3 aromatic rings. The molecular weight excluding hydrogens is 406 g/mol. The lowest BCUT2D eigenvalue weighted by molar-refractivity contribution is -0.157. The summed E-state index contributed by atoms with van der Waals surface area (Å²) in [7, 11) is 1.56. The van der Waals surface area contributed by atoms with Gasteiger partial charge in [0.25, 0.3) is 11.5 Å². The highest BCUT2D eigenvalue weighted by atomic mass is 32.1. The Morgan fingerprint density at radius 1 is 1.20 bits per heavy atom. The summed E-state index contributed by atoms with van der Waals surface area (Å²) in [6.07, 6.45) is 0.426. The van der Waals surface area contributed by atoms with E-state index in [0.29, 0.717) is 21.7 Å². The normalized spacial score (nSPS) is 12.0. The highest BCUT2D eigenvalue weighted by Crippen LogP contribution is 2.17. The number of carbonyl (C=O) groups excluding carboxylic acids is 2. The van der Waals surface area contributed by atoms with Gasteiger partial charge in [0.15, 0.2) is 6.10 Å². The summed E-state index contributed by atoms with van der Waals surface area (Å²) < 4.78 is 11.9. The molecule has 0 saturated heterocycles. The summed E-state index contributed by atoms with van der Waals surface area (Å²) in [6, 6.07) is 8.57. The van der Waals surface area contributed by atoms with E-state index in [1.54, 1.807) is 56.7 Å². The molecule has 0 aliphatic rings. The largest absolute Gasteiger partial charge is 0.497 e. The molecule has 158 valence electrons. The van der Waals surface area contributed by atoms with E-state index in [-0.39, 0.29) is 24.4 Å². The van der Waals surface area contributed by atoms with Crippen molar-refractivity contribution in [2.24, 2.45) is 5.92 Å². The fraction of sp³-hybridized carbons (Fsp3) is 0.333. The van der Waals surface area contributed by atoms with Crippen molar-refractivity contribution in [2.45, 2.75) is 32.9 Å². The highest BCUT2D eigenvalue weighted by molar-refractivity contribution is 7.16. The van der Waals surface area contributed by atoms with Crippen LogP contribution in [0.4, 0.5) is 5.69 Å². The molecule has 1 N–H and O–H groups in total. The SMILES string of the molecule is COc1ccc(NC(=O)[C@@H](OC(=O)CCn2cnc3sccc3c2=O)C(C)C)cc1. The second-order valence-electron chi connectivity index (χ2n) is 7.00. The highest BCUT2D eigenvalue weighted by Gasteiger charge is 2.26. The van der Waals surface area contributed by atoms with Crippen LogP contribution in [0.1, 0.15) is 20.3 Å². The topological polar surface area (TPSA) is 99.5 Å². The minimum atomic E-state index is -0.950. The second kappa shape index (κ2) is 9.53. The first-order chi connectivity index (χ1) is 14.4. The molecule has 30 heavy (non-hydrogen) atoms. The molecule has 8 nitrogen and oxygen atoms in total. The third-order valence-electron chi connectivity index (χ3n) is 4.49. The van der Waals surface area contributed by atoms with E-state index in [1.165, 1.54) is 22.2 Å². The second-order valence-corrected chi connectivity index (χ2v) is 7.90. The number of hydrogen-bond acceptors (Lipinski definition) is 7. The Labute approximate surface area is 177 Å². The molecule has 0 spiro atoms. The monoisotopic (exact) mass is 429 g/mol. The van der Waals surface area contributed by atoms with Crippen molar-refractivity contribution < 1.29 is 19.1 Å². The predicted octanol–water partition coefficient (Wildman–Crippen LogP) is 3.06. The minimum Gasteiger partial charge on any atom is -0.497 e. The number of rotatable bonds is 8. The van der Waals surface area contributed by atoms with Crippen molar-refractivity contribution >= 4 is 39.1 Å². The van der Waals surface area contributed by atoms with Crippen LogP contribution in [-0.4, -0.2) is 34.6 Å². The predicted molar refractivity (Wildman–Crippen MR) is 115 cm³/mol. The number of esters is 1. The van der Waals surface area contributed by atoms with Gasteiger partial charge in [-0.05, 0) is 41.6 Å². The van der Waals surface area contributed by atoms with E-state index in [0.717, 1.165) is 0 Å². The molecule has 0 bridgehead atoms. The molecule has 0 aliphatic heterocycles. The number of amides is 1. The van der Waals surface area contributed by atoms with E-state index in [2.05, 4.69) is 10.3 Å². The Bertz CT molecular complexity index is 1090. The van der Waals surface area contributed by atoms with Crippen LogP contribution in [0.5, 0.6) is 5.75 Å². The molecule has 0 unspecified atom stereocenters. The summed E-state index contributed by atoms with van der Waals surface area (Å²) in [5, 5.41) is 5.07. The standard InChI is InChI=1S/C21H23N3O5S/c1-13(2)18(19(26)23-14-4-6-15(28-3)7-5-14)29-17(25)8-10-24-12-22-20-16(21(24)27)9-11-30-20/h4-7,9,11-13,18H,8,10H2,1-3H3,(H,23,26)/t18-/m0/s1. The maximum atomic E-state index is 12.6. The number of carbonyl (C=O) groups is 2. The molecule has 2 aromatic heterocycles. The molecular formula is C21H23N3O5S. The molecule has 0 aliphatic carbocycles. The van der Waals surface area contributed by atoms with E-state index in [4.69, 9.17) is 9.47 Å². The molecule has 3 rings (SSSR count). The number of benzene rings is 1. The molecule has 1 aromatic carbocycles. The first kappa shape index (κ1) is 21.5. The number of thiophene rings is 1. The van der Waals surface area contributed by atoms with Crippen LogP contribution < -0.4 is 15.6 Å². The average Bonchev–Trinajstić information content (AvgIpc) is 3.21. The molecule has 0 fully saturated rings. The van der Waals surface area contributed by atoms with Crippen molar-refractivity contribution in [3.8, 4) is 5.75 Å². The van der Waals surface area contributed by atoms with Gasteiger partial charge in [-0.15, -0.1) is 11.3 Å². The van der Waals surface area contributed by atoms with Crippen molar-refractivity contribution in [1.29, 1.82) is 0 Å². The van der Waals surface area contributed by atoms with Gasteiger partial charge in [-0.2, -0.15) is 0 Å². The number of aryl methyl sites for hydroxylation is 1. The molecule has 1 amide bonds. The smallest absolute Gasteiger partial charge is 0.308 e. The van der Waals surface area contributed by atoms with E-state index in [1.807, 2.05) is 0 Å². The summed E-state index contributed by atoms with van der Waals surface area (Å²) in [5.41, 5.74) is 0.371. The molecule has 0 saturated carbocycles. The van der Waals surface area contributed by atoms with Gasteiger partial charge < -0.3 is 14.8 Å². The van der Waals surface area contributed by atoms with Crippen LogP contribution in [0.25, 0.3) is 10.2 Å². The summed E-state index contributed by atoms with van der Waals surface area (Å²) in [4.78, 5) is 42.2. The molecule has 1 atom stereocenters. The van der Waals surface area contributed by atoms with Gasteiger partial charge in [-0.25, -0.2) is 4.98 Å². The van der Waals surface area contributed by atoms with Crippen LogP contribution in [0.3, 0.4) is 0 Å². The molecule has 2 heterocycles. The fourth-order valence-electron chi connectivity index (χ4n) is 2.84. The third kappa shape index (κ3) is 5.04. The van der Waals surface area contributed by atoms with Crippen molar-refractivity contribution in [3.05, 3.63) is 52.4 Å². The van der Waals surface area contributed by atoms with Crippen LogP contribution in [0.15, 0.2) is 46.8 Å². The zero-order chi connectivity index (χ0) is 21.7. The van der Waals surface area contributed by atoms with Gasteiger partial charge in [0.1, 0.15) is 10.6 Å². The number of ether oxygens (including phenoxy) is 2. The number of nitrogens with one attached hydrogen (secondary N) is 1. The van der Waals surface area contributed by atoms with Crippen molar-refractivity contribution in [1.82, 2.24) is 9.55 Å². The number of anilines is 1. The first-order valence-electron chi connectivity index (χ1n) is 9.46. The number of hydrogen-bond donors (Lipinski definition) is 1. The van der Waals surface area contributed by atoms with Crippen molar-refractivity contribution in [3.63, 3.8) is 0 Å². The Hall–Kier alpha value is -3.20. The molecule has 0 radical (unpaired) electrons. The van der Waals surface area contributed by atoms with Gasteiger partial charge in [0.2, 0.25) is 0 Å². The van der Waals surface area contributed by atoms with Gasteiger partial charge in [0, 0.05) is 12.2 Å². The Morgan fingerprint density at radius 2 is 1.93 bits per heavy atom. The summed E-state index contributed by atoms with van der Waals surface area (Å²) >= 11 is 1.38. The Kier molecular flexibility index (Phi) is 6.83. The lowest BCUT2D eigenvalue weighted by Crippen LogP contribution is -2.37. The summed E-state index contributed by atoms with van der Waals surface area (Å²) in [6.45, 7) is 3.72. The quantitative estimate of drug-likeness (QED) is 0.553. The van der Waals surface area contributed by atoms with Crippen LogP contribution in [0.2, 0.25) is 0 Å².